The van der Waals surface area contributed by atoms with E-state index >= 15 is 0 Å². The van der Waals surface area contributed by atoms with Crippen LogP contribution in [0.25, 0.3) is 0 Å². The van der Waals surface area contributed by atoms with Gasteiger partial charge in [0.05, 0.1) is 6.61 Å². The highest BCUT2D eigenvalue weighted by Gasteiger charge is 2.28. The molecule has 0 radical (unpaired) electrons. The van der Waals surface area contributed by atoms with Crippen LogP contribution in [0.4, 0.5) is 5.69 Å². The second kappa shape index (κ2) is 10.1. The zero-order valence-electron chi connectivity index (χ0n) is 17.7. The molecule has 0 aliphatic rings. The third-order valence-electron chi connectivity index (χ3n) is 4.84. The van der Waals surface area contributed by atoms with Gasteiger partial charge in [-0.3, -0.25) is 4.79 Å². The van der Waals surface area contributed by atoms with E-state index in [1.54, 1.807) is 6.07 Å². The Balaban J connectivity index is 1.83. The zero-order valence-corrected chi connectivity index (χ0v) is 19.3. The maximum atomic E-state index is 12.7. The Bertz CT molecular complexity index is 896. The van der Waals surface area contributed by atoms with Crippen molar-refractivity contribution < 1.29 is 9.53 Å². The topological polar surface area (TPSA) is 50.4 Å². The van der Waals surface area contributed by atoms with E-state index in [1.165, 1.54) is 5.56 Å². The van der Waals surface area contributed by atoms with Crippen LogP contribution in [0.5, 0.6) is 5.75 Å². The molecule has 0 atom stereocenters. The van der Waals surface area contributed by atoms with Crippen molar-refractivity contribution in [1.29, 1.82) is 0 Å². The Morgan fingerprint density at radius 3 is 2.52 bits per heavy atom. The monoisotopic (exact) mass is 432 g/mol. The number of amides is 1. The van der Waals surface area contributed by atoms with E-state index in [2.05, 4.69) is 22.8 Å². The Hall–Kier alpha value is -2.11. The lowest BCUT2D eigenvalue weighted by Crippen LogP contribution is -2.42. The highest BCUT2D eigenvalue weighted by atomic mass is 35.5. The molecule has 0 fully saturated rings. The lowest BCUT2D eigenvalue weighted by atomic mass is 9.87. The number of halogens is 1. The van der Waals surface area contributed by atoms with Crippen LogP contribution in [0.3, 0.4) is 0 Å². The largest absolute Gasteiger partial charge is 0.493 e. The first-order valence-electron chi connectivity index (χ1n) is 9.67. The summed E-state index contributed by atoms with van der Waals surface area (Å²) in [6.07, 6.45) is 1.45. The standard InChI is InChI=1S/C23H29ClN2O2S/c1-15-7-8-17(3)20(13-15)28-12-6-11-23(4,5)21(27)26-22(29)25-19-14-18(24)10-9-16(19)2/h7-10,13-14H,6,11-12H2,1-5H3,(H2,25,26,27,29). The third kappa shape index (κ3) is 7.02. The van der Waals surface area contributed by atoms with Crippen LogP contribution < -0.4 is 15.4 Å². The molecule has 2 aromatic carbocycles. The molecular weight excluding hydrogens is 404 g/mol. The molecule has 6 heteroatoms. The molecule has 2 aromatic rings. The molecule has 156 valence electrons. The van der Waals surface area contributed by atoms with Gasteiger partial charge in [-0.05, 0) is 80.7 Å². The average molecular weight is 433 g/mol. The quantitative estimate of drug-likeness (QED) is 0.418. The molecule has 2 N–H and O–H groups in total. The molecule has 0 bridgehead atoms. The second-order valence-electron chi connectivity index (χ2n) is 7.97. The summed E-state index contributed by atoms with van der Waals surface area (Å²) in [5.74, 6) is 0.774. The summed E-state index contributed by atoms with van der Waals surface area (Å²) >= 11 is 11.3. The second-order valence-corrected chi connectivity index (χ2v) is 8.82. The number of rotatable bonds is 7. The van der Waals surface area contributed by atoms with E-state index in [0.717, 1.165) is 29.0 Å². The molecule has 0 unspecified atom stereocenters. The van der Waals surface area contributed by atoms with Gasteiger partial charge in [0.25, 0.3) is 0 Å². The summed E-state index contributed by atoms with van der Waals surface area (Å²) in [4.78, 5) is 12.7. The van der Waals surface area contributed by atoms with Crippen molar-refractivity contribution in [3.63, 3.8) is 0 Å². The first kappa shape index (κ1) is 23.2. The van der Waals surface area contributed by atoms with Gasteiger partial charge < -0.3 is 15.4 Å². The summed E-state index contributed by atoms with van der Waals surface area (Å²) in [5, 5.41) is 6.70. The number of hydrogen-bond acceptors (Lipinski definition) is 3. The summed E-state index contributed by atoms with van der Waals surface area (Å²) in [7, 11) is 0. The molecule has 0 saturated carbocycles. The minimum atomic E-state index is -0.569. The average Bonchev–Trinajstić information content (AvgIpc) is 2.64. The Kier molecular flexibility index (Phi) is 8.05. The Labute approximate surface area is 184 Å². The van der Waals surface area contributed by atoms with Gasteiger partial charge in [0.2, 0.25) is 5.91 Å². The van der Waals surface area contributed by atoms with E-state index in [1.807, 2.05) is 52.8 Å². The van der Waals surface area contributed by atoms with Crippen LogP contribution in [0, 0.1) is 26.2 Å². The van der Waals surface area contributed by atoms with E-state index < -0.39 is 5.41 Å². The lowest BCUT2D eigenvalue weighted by Gasteiger charge is -2.24. The van der Waals surface area contributed by atoms with Crippen molar-refractivity contribution in [3.05, 3.63) is 58.1 Å². The number of nitrogens with one attached hydrogen (secondary N) is 2. The normalized spacial score (nSPS) is 11.1. The fraction of sp³-hybridized carbons (Fsp3) is 0.391. The minimum Gasteiger partial charge on any atom is -0.493 e. The maximum Gasteiger partial charge on any atom is 0.231 e. The van der Waals surface area contributed by atoms with Crippen LogP contribution in [0.15, 0.2) is 36.4 Å². The van der Waals surface area contributed by atoms with Crippen molar-refractivity contribution in [2.24, 2.45) is 5.41 Å². The van der Waals surface area contributed by atoms with Crippen LogP contribution in [-0.2, 0) is 4.79 Å². The third-order valence-corrected chi connectivity index (χ3v) is 5.28. The highest BCUT2D eigenvalue weighted by Crippen LogP contribution is 2.25. The van der Waals surface area contributed by atoms with Crippen molar-refractivity contribution in [2.45, 2.75) is 47.5 Å². The van der Waals surface area contributed by atoms with Crippen LogP contribution in [0.1, 0.15) is 43.4 Å². The van der Waals surface area contributed by atoms with Crippen molar-refractivity contribution in [2.75, 3.05) is 11.9 Å². The number of benzene rings is 2. The van der Waals surface area contributed by atoms with Crippen LogP contribution in [-0.4, -0.2) is 17.6 Å². The summed E-state index contributed by atoms with van der Waals surface area (Å²) in [5.41, 5.74) is 3.48. The maximum absolute atomic E-state index is 12.7. The van der Waals surface area contributed by atoms with E-state index in [9.17, 15) is 4.79 Å². The molecular formula is C23H29ClN2O2S. The number of thiocarbonyl (C=S) groups is 1. The van der Waals surface area contributed by atoms with E-state index in [0.29, 0.717) is 18.1 Å². The minimum absolute atomic E-state index is 0.124. The SMILES string of the molecule is Cc1ccc(C)c(OCCCC(C)(C)C(=O)NC(=S)Nc2cc(Cl)ccc2C)c1. The summed E-state index contributed by atoms with van der Waals surface area (Å²) in [6.45, 7) is 10.4. The predicted octanol–water partition coefficient (Wildman–Crippen LogP) is 5.96. The molecule has 0 aliphatic heterocycles. The number of carbonyl (C=O) groups excluding carboxylic acids is 1. The molecule has 1 amide bonds. The molecule has 0 saturated heterocycles. The highest BCUT2D eigenvalue weighted by molar-refractivity contribution is 7.80. The van der Waals surface area contributed by atoms with Crippen LogP contribution in [0.2, 0.25) is 5.02 Å². The smallest absolute Gasteiger partial charge is 0.231 e. The summed E-state index contributed by atoms with van der Waals surface area (Å²) < 4.78 is 5.89. The molecule has 29 heavy (non-hydrogen) atoms. The number of anilines is 1. The van der Waals surface area contributed by atoms with Gasteiger partial charge in [0.15, 0.2) is 5.11 Å². The zero-order chi connectivity index (χ0) is 21.6. The molecule has 0 spiro atoms. The van der Waals surface area contributed by atoms with Gasteiger partial charge in [0, 0.05) is 16.1 Å². The molecule has 0 aromatic heterocycles. The van der Waals surface area contributed by atoms with Gasteiger partial charge in [-0.15, -0.1) is 0 Å². The predicted molar refractivity (Wildman–Crippen MR) is 125 cm³/mol. The van der Waals surface area contributed by atoms with Crippen molar-refractivity contribution in [1.82, 2.24) is 5.32 Å². The number of hydrogen-bond donors (Lipinski definition) is 2. The van der Waals surface area contributed by atoms with Crippen LogP contribution >= 0.6 is 23.8 Å². The fourth-order valence-corrected chi connectivity index (χ4v) is 3.20. The molecule has 2 rings (SSSR count). The van der Waals surface area contributed by atoms with Gasteiger partial charge >= 0.3 is 0 Å². The molecule has 0 heterocycles. The number of carbonyl (C=O) groups is 1. The van der Waals surface area contributed by atoms with Crippen molar-refractivity contribution >= 4 is 40.5 Å². The van der Waals surface area contributed by atoms with E-state index in [-0.39, 0.29) is 11.0 Å². The molecule has 4 nitrogen and oxygen atoms in total. The Morgan fingerprint density at radius 1 is 1.10 bits per heavy atom. The fourth-order valence-electron chi connectivity index (χ4n) is 2.83. The first-order chi connectivity index (χ1) is 13.6. The van der Waals surface area contributed by atoms with Crippen molar-refractivity contribution in [3.8, 4) is 5.75 Å². The Morgan fingerprint density at radius 2 is 1.79 bits per heavy atom. The molecule has 0 aliphatic carbocycles. The lowest BCUT2D eigenvalue weighted by molar-refractivity contribution is -0.128. The van der Waals surface area contributed by atoms with Gasteiger partial charge in [-0.25, -0.2) is 0 Å². The van der Waals surface area contributed by atoms with E-state index in [4.69, 9.17) is 28.6 Å². The summed E-state index contributed by atoms with van der Waals surface area (Å²) in [6, 6.07) is 11.7. The number of aryl methyl sites for hydroxylation is 3. The number of ether oxygens (including phenoxy) is 1. The van der Waals surface area contributed by atoms with Gasteiger partial charge in [-0.1, -0.05) is 43.6 Å². The van der Waals surface area contributed by atoms with Gasteiger partial charge in [-0.2, -0.15) is 0 Å². The first-order valence-corrected chi connectivity index (χ1v) is 10.5. The van der Waals surface area contributed by atoms with Gasteiger partial charge in [0.1, 0.15) is 5.75 Å².